The normalized spacial score (nSPS) is 10.8. The van der Waals surface area contributed by atoms with Crippen LogP contribution < -0.4 is 10.2 Å². The average Bonchev–Trinajstić information content (AvgIpc) is 2.54. The Labute approximate surface area is 160 Å². The first-order valence-electron chi connectivity index (χ1n) is 6.86. The lowest BCUT2D eigenvalue weighted by Gasteiger charge is -2.07. The summed E-state index contributed by atoms with van der Waals surface area (Å²) in [5.41, 5.74) is 3.40. The molecular weight excluding hydrogens is 463 g/mol. The van der Waals surface area contributed by atoms with Crippen molar-refractivity contribution >= 4 is 55.6 Å². The molecule has 2 aromatic rings. The van der Waals surface area contributed by atoms with Crippen molar-refractivity contribution in [1.29, 1.82) is 0 Å². The first-order chi connectivity index (χ1) is 11.4. The highest BCUT2D eigenvalue weighted by Crippen LogP contribution is 2.33. The fourth-order valence-corrected chi connectivity index (χ4v) is 3.20. The molecule has 0 spiro atoms. The van der Waals surface area contributed by atoms with Gasteiger partial charge in [-0.25, -0.2) is 5.43 Å². The molecule has 0 fully saturated rings. The van der Waals surface area contributed by atoms with Crippen LogP contribution in [0.15, 0.2) is 44.4 Å². The monoisotopic (exact) mass is 474 g/mol. The zero-order chi connectivity index (χ0) is 17.7. The Morgan fingerprint density at radius 2 is 2.00 bits per heavy atom. The summed E-state index contributed by atoms with van der Waals surface area (Å²) in [6.07, 6.45) is 1.46. The Morgan fingerprint density at radius 1 is 1.33 bits per heavy atom. The number of benzene rings is 2. The number of carbonyl (C=O) groups is 1. The molecule has 2 rings (SSSR count). The van der Waals surface area contributed by atoms with Crippen LogP contribution in [0.3, 0.4) is 0 Å². The molecule has 2 N–H and O–H groups in total. The number of hydrogen-bond acceptors (Lipinski definition) is 4. The Morgan fingerprint density at radius 3 is 2.62 bits per heavy atom. The van der Waals surface area contributed by atoms with E-state index in [0.29, 0.717) is 37.5 Å². The topological polar surface area (TPSA) is 70.9 Å². The lowest BCUT2D eigenvalue weighted by Crippen LogP contribution is -2.17. The van der Waals surface area contributed by atoms with Gasteiger partial charge in [-0.3, -0.25) is 4.79 Å². The molecule has 126 valence electrons. The van der Waals surface area contributed by atoms with Gasteiger partial charge in [-0.1, -0.05) is 11.6 Å². The average molecular weight is 477 g/mol. The second-order valence-electron chi connectivity index (χ2n) is 4.60. The Kier molecular flexibility index (Phi) is 6.65. The van der Waals surface area contributed by atoms with Crippen molar-refractivity contribution in [3.8, 4) is 11.5 Å². The van der Waals surface area contributed by atoms with E-state index in [1.165, 1.54) is 18.3 Å². The van der Waals surface area contributed by atoms with Crippen LogP contribution in [0.5, 0.6) is 11.5 Å². The van der Waals surface area contributed by atoms with Gasteiger partial charge in [-0.15, -0.1) is 0 Å². The molecule has 8 heteroatoms. The smallest absolute Gasteiger partial charge is 0.271 e. The van der Waals surface area contributed by atoms with Gasteiger partial charge in [0.1, 0.15) is 11.5 Å². The van der Waals surface area contributed by atoms with Crippen molar-refractivity contribution in [2.75, 3.05) is 6.61 Å². The van der Waals surface area contributed by atoms with E-state index in [9.17, 15) is 9.90 Å². The molecule has 0 bridgehead atoms. The molecule has 24 heavy (non-hydrogen) atoms. The maximum Gasteiger partial charge on any atom is 0.271 e. The van der Waals surface area contributed by atoms with Crippen molar-refractivity contribution in [2.45, 2.75) is 6.92 Å². The summed E-state index contributed by atoms with van der Waals surface area (Å²) >= 11 is 12.3. The highest BCUT2D eigenvalue weighted by Gasteiger charge is 2.11. The number of ether oxygens (including phenoxy) is 1. The summed E-state index contributed by atoms with van der Waals surface area (Å²) in [5, 5.41) is 14.1. The van der Waals surface area contributed by atoms with Gasteiger partial charge >= 0.3 is 0 Å². The van der Waals surface area contributed by atoms with Crippen LogP contribution >= 0.6 is 43.5 Å². The Balaban J connectivity index is 2.14. The highest BCUT2D eigenvalue weighted by atomic mass is 79.9. The van der Waals surface area contributed by atoms with Gasteiger partial charge in [-0.2, -0.15) is 5.10 Å². The van der Waals surface area contributed by atoms with Crippen molar-refractivity contribution in [3.63, 3.8) is 0 Å². The van der Waals surface area contributed by atoms with E-state index in [1.807, 2.05) is 6.92 Å². The minimum absolute atomic E-state index is 0.0235. The number of aromatic hydroxyl groups is 1. The molecular formula is C16H13Br2ClN2O3. The number of halogens is 3. The summed E-state index contributed by atoms with van der Waals surface area (Å²) in [7, 11) is 0. The lowest BCUT2D eigenvalue weighted by molar-refractivity contribution is 0.0955. The minimum Gasteiger partial charge on any atom is -0.506 e. The summed E-state index contributed by atoms with van der Waals surface area (Å²) in [4.78, 5) is 12.1. The van der Waals surface area contributed by atoms with E-state index in [-0.39, 0.29) is 5.75 Å². The van der Waals surface area contributed by atoms with Crippen LogP contribution in [0.4, 0.5) is 0 Å². The standard InChI is InChI=1S/C16H13Br2ClN2O3/c1-2-24-14-4-3-11(19)5-10(14)8-20-21-16(23)9-6-12(17)15(22)13(18)7-9/h3-8,22H,2H2,1H3,(H,21,23)/b20-8-. The van der Waals surface area contributed by atoms with Crippen LogP contribution in [0.1, 0.15) is 22.8 Å². The number of carbonyl (C=O) groups excluding carboxylic acids is 1. The molecule has 0 unspecified atom stereocenters. The lowest BCUT2D eigenvalue weighted by atomic mass is 10.2. The molecule has 5 nitrogen and oxygen atoms in total. The fourth-order valence-electron chi connectivity index (χ4n) is 1.83. The van der Waals surface area contributed by atoms with E-state index >= 15 is 0 Å². The van der Waals surface area contributed by atoms with Crippen LogP contribution in [-0.4, -0.2) is 23.8 Å². The van der Waals surface area contributed by atoms with E-state index in [0.717, 1.165) is 0 Å². The van der Waals surface area contributed by atoms with Crippen molar-refractivity contribution in [3.05, 3.63) is 55.4 Å². The Bertz CT molecular complexity index is 774. The molecule has 0 aliphatic heterocycles. The largest absolute Gasteiger partial charge is 0.506 e. The molecule has 0 saturated carbocycles. The van der Waals surface area contributed by atoms with Gasteiger partial charge in [0.25, 0.3) is 5.91 Å². The zero-order valence-corrected chi connectivity index (χ0v) is 16.4. The van der Waals surface area contributed by atoms with Gasteiger partial charge in [0, 0.05) is 16.1 Å². The molecule has 0 aliphatic rings. The van der Waals surface area contributed by atoms with Crippen LogP contribution in [0.2, 0.25) is 5.02 Å². The molecule has 0 atom stereocenters. The maximum absolute atomic E-state index is 12.1. The molecule has 0 radical (unpaired) electrons. The number of phenols is 1. The third-order valence-electron chi connectivity index (χ3n) is 2.92. The van der Waals surface area contributed by atoms with E-state index in [2.05, 4.69) is 42.4 Å². The van der Waals surface area contributed by atoms with Crippen LogP contribution in [0.25, 0.3) is 0 Å². The first kappa shape index (κ1) is 18.8. The van der Waals surface area contributed by atoms with Gasteiger partial charge < -0.3 is 9.84 Å². The number of hydrogen-bond donors (Lipinski definition) is 2. The molecule has 0 saturated heterocycles. The predicted octanol–water partition coefficient (Wildman–Crippen LogP) is 4.73. The quantitative estimate of drug-likeness (QED) is 0.484. The summed E-state index contributed by atoms with van der Waals surface area (Å²) in [6, 6.07) is 8.14. The molecule has 0 aliphatic carbocycles. The number of hydrazone groups is 1. The number of phenolic OH excluding ortho intramolecular Hbond substituents is 1. The van der Waals surface area contributed by atoms with Crippen molar-refractivity contribution in [2.24, 2.45) is 5.10 Å². The van der Waals surface area contributed by atoms with Crippen molar-refractivity contribution in [1.82, 2.24) is 5.43 Å². The summed E-state index contributed by atoms with van der Waals surface area (Å²) in [6.45, 7) is 2.38. The first-order valence-corrected chi connectivity index (χ1v) is 8.82. The van der Waals surface area contributed by atoms with E-state index < -0.39 is 5.91 Å². The van der Waals surface area contributed by atoms with Gasteiger partial charge in [0.2, 0.25) is 0 Å². The fraction of sp³-hybridized carbons (Fsp3) is 0.125. The number of nitrogens with one attached hydrogen (secondary N) is 1. The third kappa shape index (κ3) is 4.72. The summed E-state index contributed by atoms with van der Waals surface area (Å²) < 4.78 is 6.28. The minimum atomic E-state index is -0.423. The predicted molar refractivity (Wildman–Crippen MR) is 101 cm³/mol. The second-order valence-corrected chi connectivity index (χ2v) is 6.75. The SMILES string of the molecule is CCOc1ccc(Cl)cc1/C=N\NC(=O)c1cc(Br)c(O)c(Br)c1. The molecule has 0 aromatic heterocycles. The van der Waals surface area contributed by atoms with Gasteiger partial charge in [0.05, 0.1) is 21.8 Å². The van der Waals surface area contributed by atoms with Crippen LogP contribution in [0, 0.1) is 0 Å². The van der Waals surface area contributed by atoms with E-state index in [4.69, 9.17) is 16.3 Å². The van der Waals surface area contributed by atoms with Crippen LogP contribution in [-0.2, 0) is 0 Å². The molecule has 2 aromatic carbocycles. The number of amides is 1. The third-order valence-corrected chi connectivity index (χ3v) is 4.36. The van der Waals surface area contributed by atoms with Gasteiger partial charge in [0.15, 0.2) is 0 Å². The number of nitrogens with zero attached hydrogens (tertiary/aromatic N) is 1. The summed E-state index contributed by atoms with van der Waals surface area (Å²) in [5.74, 6) is 0.220. The van der Waals surface area contributed by atoms with Gasteiger partial charge in [-0.05, 0) is 69.1 Å². The van der Waals surface area contributed by atoms with E-state index in [1.54, 1.807) is 18.2 Å². The maximum atomic E-state index is 12.1. The highest BCUT2D eigenvalue weighted by molar-refractivity contribution is 9.11. The van der Waals surface area contributed by atoms with Crippen molar-refractivity contribution < 1.29 is 14.6 Å². The number of rotatable bonds is 5. The zero-order valence-electron chi connectivity index (χ0n) is 12.5. The second kappa shape index (κ2) is 8.50. The molecule has 0 heterocycles. The Hall–Kier alpha value is -1.57. The molecule has 1 amide bonds.